The maximum absolute atomic E-state index is 6.50. The van der Waals surface area contributed by atoms with Crippen molar-refractivity contribution in [2.24, 2.45) is 0 Å². The molecule has 112 valence electrons. The minimum absolute atomic E-state index is 0.516. The Morgan fingerprint density at radius 1 is 1.04 bits per heavy atom. The molecule has 0 bridgehead atoms. The van der Waals surface area contributed by atoms with Crippen LogP contribution < -0.4 is 9.98 Å². The van der Waals surface area contributed by atoms with Crippen LogP contribution in [0.25, 0.3) is 11.1 Å². The van der Waals surface area contributed by atoms with E-state index in [1.807, 2.05) is 12.1 Å². The van der Waals surface area contributed by atoms with Crippen LogP contribution in [0.3, 0.4) is 0 Å². The fourth-order valence-corrected chi connectivity index (χ4v) is 3.84. The largest absolute Gasteiger partial charge is 0.382 e. The summed E-state index contributed by atoms with van der Waals surface area (Å²) >= 11 is 8.14. The van der Waals surface area contributed by atoms with Gasteiger partial charge in [-0.15, -0.1) is 11.3 Å². The first kappa shape index (κ1) is 14.2. The van der Waals surface area contributed by atoms with Crippen LogP contribution in [-0.4, -0.2) is 16.0 Å². The maximum Gasteiger partial charge on any atom is 0.382 e. The van der Waals surface area contributed by atoms with Crippen molar-refractivity contribution in [1.82, 2.24) is 9.65 Å². The number of halogens is 1. The van der Waals surface area contributed by atoms with Crippen molar-refractivity contribution in [2.45, 2.75) is 6.92 Å². The van der Waals surface area contributed by atoms with Crippen LogP contribution in [0.1, 0.15) is 16.7 Å². The molecule has 3 heterocycles. The Balaban J connectivity index is 1.83. The minimum atomic E-state index is 0.516. The number of amidine groups is 1. The Kier molecular flexibility index (Phi) is 3.50. The van der Waals surface area contributed by atoms with Crippen molar-refractivity contribution in [1.29, 1.82) is 0 Å². The van der Waals surface area contributed by atoms with E-state index >= 15 is 0 Å². The number of fused-ring (bicyclic) bond motifs is 1. The topological polar surface area (TPSA) is 39.0 Å². The Hall–Kier alpha value is -2.39. The summed E-state index contributed by atoms with van der Waals surface area (Å²) in [5, 5.41) is 7.04. The smallest absolute Gasteiger partial charge is 0.265 e. The molecule has 3 aromatic rings. The fraction of sp³-hybridized carbons (Fsp3) is 0.0556. The average Bonchev–Trinajstić information content (AvgIpc) is 3.01. The summed E-state index contributed by atoms with van der Waals surface area (Å²) in [5.74, 6) is 0.752. The number of aromatic nitrogens is 1. The first-order chi connectivity index (χ1) is 11.2. The van der Waals surface area contributed by atoms with Crippen LogP contribution in [0, 0.1) is 6.92 Å². The summed E-state index contributed by atoms with van der Waals surface area (Å²) in [4.78, 5) is 4.03. The lowest BCUT2D eigenvalue weighted by Crippen LogP contribution is -2.23. The monoisotopic (exact) mass is 338 g/mol. The Bertz CT molecular complexity index is 936. The number of nitrogens with zero attached hydrogens (tertiary/aromatic N) is 2. The van der Waals surface area contributed by atoms with E-state index in [0.717, 1.165) is 33.1 Å². The number of hydrogen-bond acceptors (Lipinski definition) is 3. The number of thiophene rings is 1. The summed E-state index contributed by atoms with van der Waals surface area (Å²) in [7, 11) is 0. The van der Waals surface area contributed by atoms with Gasteiger partial charge >= 0.3 is 11.0 Å². The molecule has 0 radical (unpaired) electrons. The second-order valence-corrected chi connectivity index (χ2v) is 6.57. The average molecular weight is 339 g/mol. The van der Waals surface area contributed by atoms with E-state index in [2.05, 4.69) is 51.5 Å². The number of hydrogen-bond donors (Lipinski definition) is 1. The molecule has 0 atom stereocenters. The Morgan fingerprint density at radius 3 is 2.52 bits per heavy atom. The van der Waals surface area contributed by atoms with Crippen molar-refractivity contribution in [3.63, 3.8) is 0 Å². The Labute approximate surface area is 143 Å². The highest BCUT2D eigenvalue weighted by Gasteiger charge is 2.30. The van der Waals surface area contributed by atoms with Gasteiger partial charge in [0.15, 0.2) is 5.00 Å². The quantitative estimate of drug-likeness (QED) is 0.716. The van der Waals surface area contributed by atoms with Crippen LogP contribution >= 0.6 is 22.9 Å². The number of pyridine rings is 1. The molecule has 0 amide bonds. The van der Waals surface area contributed by atoms with E-state index < -0.39 is 0 Å². The maximum atomic E-state index is 6.50. The number of rotatable bonds is 2. The van der Waals surface area contributed by atoms with Gasteiger partial charge in [0.25, 0.3) is 0 Å². The predicted molar refractivity (Wildman–Crippen MR) is 98.6 cm³/mol. The molecule has 0 unspecified atom stereocenters. The number of anilines is 1. The third-order valence-corrected chi connectivity index (χ3v) is 4.92. The summed E-state index contributed by atoms with van der Waals surface area (Å²) < 4.78 is 4.54. The summed E-state index contributed by atoms with van der Waals surface area (Å²) in [6.45, 7) is 2.08. The standard InChI is InChI=1S/C18H12ClN3S/c1-11-2-4-12(5-3-11)14-10-23-18-15(14)16(19)21-17(22-18)13-6-8-20-9-7-13/h2-10H,1H3/p+1. The summed E-state index contributed by atoms with van der Waals surface area (Å²) in [6, 6.07) is 12.3. The van der Waals surface area contributed by atoms with E-state index in [0.29, 0.717) is 5.17 Å². The van der Waals surface area contributed by atoms with Gasteiger partial charge in [-0.2, -0.15) is 4.67 Å². The molecule has 0 saturated heterocycles. The van der Waals surface area contributed by atoms with Gasteiger partial charge in [0.2, 0.25) is 0 Å². The molecule has 2 aromatic heterocycles. The highest BCUT2D eigenvalue weighted by molar-refractivity contribution is 7.15. The van der Waals surface area contributed by atoms with Crippen LogP contribution in [0.5, 0.6) is 0 Å². The van der Waals surface area contributed by atoms with Crippen molar-refractivity contribution in [3.05, 3.63) is 70.9 Å². The molecule has 1 N–H and O–H groups in total. The van der Waals surface area contributed by atoms with Gasteiger partial charge in [0.05, 0.1) is 5.56 Å². The molecule has 0 fully saturated rings. The molecule has 3 nitrogen and oxygen atoms in total. The molecule has 1 aromatic carbocycles. The lowest BCUT2D eigenvalue weighted by molar-refractivity contribution is 1.32. The fourth-order valence-electron chi connectivity index (χ4n) is 2.54. The Morgan fingerprint density at radius 2 is 1.78 bits per heavy atom. The van der Waals surface area contributed by atoms with Gasteiger partial charge in [-0.1, -0.05) is 29.8 Å². The molecule has 0 spiro atoms. The number of aryl methyl sites for hydroxylation is 1. The van der Waals surface area contributed by atoms with E-state index in [-0.39, 0.29) is 0 Å². The molecular weight excluding hydrogens is 326 g/mol. The van der Waals surface area contributed by atoms with E-state index in [4.69, 9.17) is 11.6 Å². The van der Waals surface area contributed by atoms with E-state index in [1.54, 1.807) is 23.7 Å². The SMILES string of the molecule is Cc1ccc(-c2csc3c2C(Cl)=[N+]=C(c2ccncc2)N3)cc1. The van der Waals surface area contributed by atoms with Gasteiger partial charge in [-0.25, -0.2) is 5.32 Å². The van der Waals surface area contributed by atoms with Crippen LogP contribution in [-0.2, 0) is 0 Å². The third kappa shape index (κ3) is 2.57. The number of benzene rings is 1. The summed E-state index contributed by atoms with van der Waals surface area (Å²) in [5.41, 5.74) is 5.44. The first-order valence-electron chi connectivity index (χ1n) is 7.20. The zero-order valence-electron chi connectivity index (χ0n) is 12.4. The lowest BCUT2D eigenvalue weighted by Gasteiger charge is -2.06. The normalized spacial score (nSPS) is 13.0. The van der Waals surface area contributed by atoms with Gasteiger partial charge in [0.1, 0.15) is 5.56 Å². The molecule has 1 aliphatic rings. The van der Waals surface area contributed by atoms with Crippen LogP contribution in [0.2, 0.25) is 0 Å². The van der Waals surface area contributed by atoms with Gasteiger partial charge in [-0.05, 0) is 36.2 Å². The van der Waals surface area contributed by atoms with E-state index in [9.17, 15) is 0 Å². The molecule has 5 heteroatoms. The molecule has 0 aliphatic carbocycles. The highest BCUT2D eigenvalue weighted by atomic mass is 35.5. The zero-order valence-corrected chi connectivity index (χ0v) is 13.9. The van der Waals surface area contributed by atoms with Gasteiger partial charge in [0, 0.05) is 23.3 Å². The van der Waals surface area contributed by atoms with Crippen molar-refractivity contribution in [2.75, 3.05) is 5.32 Å². The summed E-state index contributed by atoms with van der Waals surface area (Å²) in [6.07, 6.45) is 3.49. The minimum Gasteiger partial charge on any atom is -0.265 e. The van der Waals surface area contributed by atoms with Gasteiger partial charge < -0.3 is 0 Å². The van der Waals surface area contributed by atoms with Crippen LogP contribution in [0.4, 0.5) is 5.00 Å². The second-order valence-electron chi connectivity index (χ2n) is 5.33. The number of nitrogens with one attached hydrogen (secondary N) is 1. The third-order valence-electron chi connectivity index (χ3n) is 3.76. The zero-order chi connectivity index (χ0) is 15.8. The highest BCUT2D eigenvalue weighted by Crippen LogP contribution is 2.37. The molecule has 4 rings (SSSR count). The molecule has 23 heavy (non-hydrogen) atoms. The van der Waals surface area contributed by atoms with E-state index in [1.165, 1.54) is 5.56 Å². The van der Waals surface area contributed by atoms with Crippen molar-refractivity contribution >= 4 is 38.9 Å². The molecule has 0 saturated carbocycles. The van der Waals surface area contributed by atoms with Crippen LogP contribution in [0.15, 0.2) is 54.2 Å². The lowest BCUT2D eigenvalue weighted by atomic mass is 10.0. The van der Waals surface area contributed by atoms with Crippen molar-refractivity contribution < 1.29 is 0 Å². The second kappa shape index (κ2) is 5.67. The van der Waals surface area contributed by atoms with Crippen molar-refractivity contribution in [3.8, 4) is 11.1 Å². The van der Waals surface area contributed by atoms with Gasteiger partial charge in [-0.3, -0.25) is 4.98 Å². The first-order valence-corrected chi connectivity index (χ1v) is 8.45. The molecular formula is C18H13ClN3S+. The molecule has 1 aliphatic heterocycles. The predicted octanol–water partition coefficient (Wildman–Crippen LogP) is 4.04.